The quantitative estimate of drug-likeness (QED) is 0.589. The third-order valence-corrected chi connectivity index (χ3v) is 6.09. The zero-order valence-electron chi connectivity index (χ0n) is 19.7. The average molecular weight is 493 g/mol. The van der Waals surface area contributed by atoms with E-state index < -0.39 is 28.7 Å². The molecule has 188 valence electrons. The first kappa shape index (κ1) is 24.9. The van der Waals surface area contributed by atoms with E-state index >= 15 is 0 Å². The first-order chi connectivity index (χ1) is 16.5. The molecule has 0 spiro atoms. The molecular formula is C25H26F3NO6. The molecule has 3 aromatic rings. The molecule has 2 unspecified atom stereocenters. The molecule has 4 rings (SSSR count). The number of halogens is 3. The minimum atomic E-state index is -4.99. The lowest BCUT2D eigenvalue weighted by Gasteiger charge is -2.33. The Labute approximate surface area is 199 Å². The van der Waals surface area contributed by atoms with E-state index in [1.807, 2.05) is 13.8 Å². The lowest BCUT2D eigenvalue weighted by Crippen LogP contribution is -3.14. The molecule has 7 nitrogen and oxygen atoms in total. The van der Waals surface area contributed by atoms with Crippen molar-refractivity contribution in [2.24, 2.45) is 0 Å². The van der Waals surface area contributed by atoms with Crippen LogP contribution in [0.2, 0.25) is 0 Å². The summed E-state index contributed by atoms with van der Waals surface area (Å²) >= 11 is 0. The van der Waals surface area contributed by atoms with Crippen molar-refractivity contribution in [3.05, 3.63) is 51.9 Å². The van der Waals surface area contributed by atoms with Gasteiger partial charge in [-0.15, -0.1) is 0 Å². The van der Waals surface area contributed by atoms with Crippen LogP contribution in [-0.4, -0.2) is 39.5 Å². The van der Waals surface area contributed by atoms with E-state index in [2.05, 4.69) is 0 Å². The minimum absolute atomic E-state index is 0.0418. The maximum atomic E-state index is 14.2. The van der Waals surface area contributed by atoms with Crippen molar-refractivity contribution in [3.8, 4) is 28.4 Å². The zero-order chi connectivity index (χ0) is 25.5. The first-order valence-electron chi connectivity index (χ1n) is 11.1. The van der Waals surface area contributed by atoms with Crippen molar-refractivity contribution in [1.29, 1.82) is 0 Å². The minimum Gasteiger partial charge on any atom is -0.872 e. The Hall–Kier alpha value is -3.24. The lowest BCUT2D eigenvalue weighted by molar-refractivity contribution is -0.928. The number of ether oxygens (including phenoxy) is 3. The number of rotatable bonds is 5. The topological polar surface area (TPSA) is 85.4 Å². The number of morpholine rings is 1. The Balaban J connectivity index is 1.93. The maximum absolute atomic E-state index is 14.2. The Morgan fingerprint density at radius 2 is 1.71 bits per heavy atom. The van der Waals surface area contributed by atoms with Gasteiger partial charge in [-0.1, -0.05) is 17.9 Å². The SMILES string of the molecule is COc1ccc(-c2c(C(F)(F)F)oc3c(C[NH+]4CC(C)OC(C)C4)c([O-])ccc3c2=O)cc1OC. The second-order valence-corrected chi connectivity index (χ2v) is 8.71. The van der Waals surface area contributed by atoms with Gasteiger partial charge in [-0.2, -0.15) is 13.2 Å². The molecule has 0 aliphatic carbocycles. The lowest BCUT2D eigenvalue weighted by atomic mass is 9.99. The van der Waals surface area contributed by atoms with Crippen molar-refractivity contribution in [2.45, 2.75) is 38.8 Å². The smallest absolute Gasteiger partial charge is 0.450 e. The monoisotopic (exact) mass is 493 g/mol. The highest BCUT2D eigenvalue weighted by atomic mass is 19.4. The second kappa shape index (κ2) is 9.43. The molecule has 1 aliphatic heterocycles. The van der Waals surface area contributed by atoms with E-state index in [4.69, 9.17) is 18.6 Å². The van der Waals surface area contributed by atoms with E-state index in [1.54, 1.807) is 0 Å². The van der Waals surface area contributed by atoms with Crippen molar-refractivity contribution in [2.75, 3.05) is 27.3 Å². The van der Waals surface area contributed by atoms with E-state index in [9.17, 15) is 23.1 Å². The molecule has 2 heterocycles. The summed E-state index contributed by atoms with van der Waals surface area (Å²) in [6, 6.07) is 6.45. The third-order valence-electron chi connectivity index (χ3n) is 6.09. The predicted molar refractivity (Wildman–Crippen MR) is 120 cm³/mol. The van der Waals surface area contributed by atoms with Crippen LogP contribution in [0.3, 0.4) is 0 Å². The number of hydrogen-bond acceptors (Lipinski definition) is 6. The summed E-state index contributed by atoms with van der Waals surface area (Å²) in [4.78, 5) is 14.4. The van der Waals surface area contributed by atoms with Gasteiger partial charge in [-0.25, -0.2) is 0 Å². The van der Waals surface area contributed by atoms with E-state index in [1.165, 1.54) is 44.6 Å². The van der Waals surface area contributed by atoms with Gasteiger partial charge in [0.05, 0.1) is 25.2 Å². The molecule has 1 saturated heterocycles. The number of fused-ring (bicyclic) bond motifs is 1. The van der Waals surface area contributed by atoms with Crippen LogP contribution in [0, 0.1) is 0 Å². The van der Waals surface area contributed by atoms with Gasteiger partial charge in [-0.05, 0) is 37.6 Å². The maximum Gasteiger partial charge on any atom is 0.450 e. The number of hydrogen-bond donors (Lipinski definition) is 1. The van der Waals surface area contributed by atoms with E-state index in [0.717, 1.165) is 4.90 Å². The molecule has 0 saturated carbocycles. The molecule has 1 aliphatic rings. The van der Waals surface area contributed by atoms with Crippen LogP contribution >= 0.6 is 0 Å². The summed E-state index contributed by atoms with van der Waals surface area (Å²) in [5, 5.41) is 12.6. The van der Waals surface area contributed by atoms with Gasteiger partial charge < -0.3 is 28.6 Å². The largest absolute Gasteiger partial charge is 0.872 e. The Kier molecular flexibility index (Phi) is 6.70. The highest BCUT2D eigenvalue weighted by molar-refractivity contribution is 5.87. The molecule has 2 aromatic carbocycles. The van der Waals surface area contributed by atoms with E-state index in [-0.39, 0.29) is 46.6 Å². The molecule has 0 amide bonds. The third kappa shape index (κ3) is 4.81. The molecule has 1 N–H and O–H groups in total. The fraction of sp³-hybridized carbons (Fsp3) is 0.400. The van der Waals surface area contributed by atoms with Gasteiger partial charge in [0.2, 0.25) is 11.2 Å². The van der Waals surface area contributed by atoms with Gasteiger partial charge in [0.1, 0.15) is 37.4 Å². The van der Waals surface area contributed by atoms with Gasteiger partial charge in [0.15, 0.2) is 11.5 Å². The molecule has 1 aromatic heterocycles. The molecule has 0 bridgehead atoms. The van der Waals surface area contributed by atoms with E-state index in [0.29, 0.717) is 18.8 Å². The van der Waals surface area contributed by atoms with Crippen molar-refractivity contribution >= 4 is 11.0 Å². The fourth-order valence-corrected chi connectivity index (χ4v) is 4.70. The van der Waals surface area contributed by atoms with Crippen LogP contribution in [0.5, 0.6) is 17.2 Å². The summed E-state index contributed by atoms with van der Waals surface area (Å²) in [6.45, 7) is 5.05. The molecule has 2 atom stereocenters. The Morgan fingerprint density at radius 1 is 1.06 bits per heavy atom. The zero-order valence-corrected chi connectivity index (χ0v) is 19.7. The average Bonchev–Trinajstić information content (AvgIpc) is 2.79. The number of methoxy groups -OCH3 is 2. The summed E-state index contributed by atoms with van der Waals surface area (Å²) < 4.78 is 64.0. The van der Waals surface area contributed by atoms with Crippen LogP contribution in [0.25, 0.3) is 22.1 Å². The van der Waals surface area contributed by atoms with Crippen LogP contribution in [0.4, 0.5) is 13.2 Å². The van der Waals surface area contributed by atoms with Crippen molar-refractivity contribution in [3.63, 3.8) is 0 Å². The Morgan fingerprint density at radius 3 is 2.31 bits per heavy atom. The number of quaternary nitrogens is 1. The van der Waals surface area contributed by atoms with Gasteiger partial charge in [0.25, 0.3) is 0 Å². The van der Waals surface area contributed by atoms with Crippen LogP contribution in [0.1, 0.15) is 25.2 Å². The van der Waals surface area contributed by atoms with Gasteiger partial charge in [0, 0.05) is 5.56 Å². The second-order valence-electron chi connectivity index (χ2n) is 8.71. The summed E-state index contributed by atoms with van der Waals surface area (Å²) in [5.74, 6) is -1.49. The van der Waals surface area contributed by atoms with Gasteiger partial charge >= 0.3 is 6.18 Å². The number of alkyl halides is 3. The highest BCUT2D eigenvalue weighted by Crippen LogP contribution is 2.40. The molecule has 10 heteroatoms. The van der Waals surface area contributed by atoms with Crippen LogP contribution in [-0.2, 0) is 17.5 Å². The molecule has 0 radical (unpaired) electrons. The number of nitrogens with one attached hydrogen (secondary N) is 1. The summed E-state index contributed by atoms with van der Waals surface area (Å²) in [7, 11) is 2.73. The number of benzene rings is 2. The molecular weight excluding hydrogens is 467 g/mol. The first-order valence-corrected chi connectivity index (χ1v) is 11.1. The van der Waals surface area contributed by atoms with Crippen LogP contribution < -0.4 is 24.9 Å². The van der Waals surface area contributed by atoms with Crippen molar-refractivity contribution < 1.29 is 41.8 Å². The normalized spacial score (nSPS) is 20.7. The predicted octanol–water partition coefficient (Wildman–Crippen LogP) is 2.76. The highest BCUT2D eigenvalue weighted by Gasteiger charge is 2.40. The Bertz CT molecular complexity index is 1290. The van der Waals surface area contributed by atoms with Crippen LogP contribution in [0.15, 0.2) is 39.5 Å². The van der Waals surface area contributed by atoms with Gasteiger partial charge in [-0.3, -0.25) is 4.79 Å². The fourth-order valence-electron chi connectivity index (χ4n) is 4.70. The molecule has 1 fully saturated rings. The summed E-state index contributed by atoms with van der Waals surface area (Å²) in [6.07, 6.45) is -5.14. The van der Waals surface area contributed by atoms with Crippen molar-refractivity contribution in [1.82, 2.24) is 0 Å². The standard InChI is InChI=1S/C25H26F3NO6/c1-13-10-29(11-14(2)34-13)12-17-18(30)7-6-16-22(31)21(24(25(26,27)28)35-23(16)17)15-5-8-19(32-3)20(9-15)33-4/h5-9,13-14,30H,10-12H2,1-4H3. The summed E-state index contributed by atoms with van der Waals surface area (Å²) in [5.41, 5.74) is -1.87. The molecule has 35 heavy (non-hydrogen) atoms.